The van der Waals surface area contributed by atoms with E-state index in [0.717, 1.165) is 21.0 Å². The van der Waals surface area contributed by atoms with E-state index < -0.39 is 10.0 Å². The van der Waals surface area contributed by atoms with Crippen LogP contribution in [-0.4, -0.2) is 13.4 Å². The summed E-state index contributed by atoms with van der Waals surface area (Å²) in [6.07, 6.45) is 0. The van der Waals surface area contributed by atoms with Crippen LogP contribution in [0.5, 0.6) is 0 Å². The highest BCUT2D eigenvalue weighted by molar-refractivity contribution is 7.93. The molecule has 0 saturated heterocycles. The van der Waals surface area contributed by atoms with E-state index in [1.807, 2.05) is 36.4 Å². The van der Waals surface area contributed by atoms with E-state index >= 15 is 0 Å². The minimum Gasteiger partial charge on any atom is -0.399 e. The summed E-state index contributed by atoms with van der Waals surface area (Å²) >= 11 is 1.33. The molecule has 120 valence electrons. The maximum atomic E-state index is 12.5. The van der Waals surface area contributed by atoms with Gasteiger partial charge in [-0.05, 0) is 35.7 Å². The number of hydrogen-bond acceptors (Lipinski definition) is 5. The van der Waals surface area contributed by atoms with Crippen LogP contribution in [0.25, 0.3) is 21.0 Å². The minimum atomic E-state index is -3.69. The first kappa shape index (κ1) is 14.9. The Morgan fingerprint density at radius 2 is 1.71 bits per heavy atom. The van der Waals surface area contributed by atoms with Crippen molar-refractivity contribution in [2.24, 2.45) is 0 Å². The number of rotatable bonds is 3. The summed E-state index contributed by atoms with van der Waals surface area (Å²) in [5, 5.41) is 2.50. The van der Waals surface area contributed by atoms with Crippen molar-refractivity contribution in [3.63, 3.8) is 0 Å². The van der Waals surface area contributed by atoms with Gasteiger partial charge in [-0.3, -0.25) is 4.72 Å². The number of fused-ring (bicyclic) bond motifs is 3. The molecule has 0 aliphatic heterocycles. The zero-order valence-electron chi connectivity index (χ0n) is 12.4. The Labute approximate surface area is 142 Å². The Balaban J connectivity index is 1.77. The van der Waals surface area contributed by atoms with E-state index in [-0.39, 0.29) is 4.90 Å². The van der Waals surface area contributed by atoms with Crippen molar-refractivity contribution in [3.8, 4) is 0 Å². The summed E-state index contributed by atoms with van der Waals surface area (Å²) in [6.45, 7) is 0. The molecule has 4 aromatic rings. The molecule has 1 aromatic heterocycles. The number of thiazole rings is 1. The lowest BCUT2D eigenvalue weighted by Crippen LogP contribution is -2.12. The van der Waals surface area contributed by atoms with Crippen molar-refractivity contribution in [3.05, 3.63) is 60.7 Å². The standard InChI is InChI=1S/C17H13N3O2S2/c18-12-6-8-13(9-7-12)24(21,22)20-17-19-15-10-5-11-3-1-2-4-14(11)16(15)23-17/h1-10H,18H2,(H,19,20). The van der Waals surface area contributed by atoms with Gasteiger partial charge in [0.05, 0.1) is 15.1 Å². The molecule has 24 heavy (non-hydrogen) atoms. The minimum absolute atomic E-state index is 0.154. The largest absolute Gasteiger partial charge is 0.399 e. The maximum absolute atomic E-state index is 12.5. The SMILES string of the molecule is Nc1ccc(S(=O)(=O)Nc2nc3ccc4ccccc4c3s2)cc1. The summed E-state index contributed by atoms with van der Waals surface area (Å²) in [4.78, 5) is 4.55. The molecular formula is C17H13N3O2S2. The lowest BCUT2D eigenvalue weighted by molar-refractivity contribution is 0.601. The molecule has 0 amide bonds. The molecule has 0 fully saturated rings. The summed E-state index contributed by atoms with van der Waals surface area (Å²) in [5.74, 6) is 0. The van der Waals surface area contributed by atoms with Gasteiger partial charge in [-0.25, -0.2) is 13.4 Å². The topological polar surface area (TPSA) is 85.1 Å². The Bertz CT molecular complexity index is 1150. The molecule has 0 spiro atoms. The first-order chi connectivity index (χ1) is 11.5. The van der Waals surface area contributed by atoms with Gasteiger partial charge in [0.2, 0.25) is 0 Å². The first-order valence-electron chi connectivity index (χ1n) is 7.20. The molecule has 0 aliphatic carbocycles. The van der Waals surface area contributed by atoms with Crippen LogP contribution in [-0.2, 0) is 10.0 Å². The number of sulfonamides is 1. The molecule has 4 rings (SSSR count). The average Bonchev–Trinajstić information content (AvgIpc) is 2.97. The quantitative estimate of drug-likeness (QED) is 0.547. The van der Waals surface area contributed by atoms with E-state index in [4.69, 9.17) is 5.73 Å². The number of nitrogens with two attached hydrogens (primary N) is 1. The van der Waals surface area contributed by atoms with Crippen molar-refractivity contribution < 1.29 is 8.42 Å². The Kier molecular flexibility index (Phi) is 3.40. The van der Waals surface area contributed by atoms with Crippen molar-refractivity contribution in [1.29, 1.82) is 0 Å². The number of aromatic nitrogens is 1. The molecule has 3 N–H and O–H groups in total. The second kappa shape index (κ2) is 5.47. The van der Waals surface area contributed by atoms with Crippen molar-refractivity contribution in [1.82, 2.24) is 4.98 Å². The van der Waals surface area contributed by atoms with Crippen molar-refractivity contribution >= 4 is 53.2 Å². The van der Waals surface area contributed by atoms with Crippen LogP contribution in [0.1, 0.15) is 0 Å². The normalized spacial score (nSPS) is 11.8. The third kappa shape index (κ3) is 2.57. The zero-order chi connectivity index (χ0) is 16.7. The van der Waals surface area contributed by atoms with Gasteiger partial charge in [-0.2, -0.15) is 0 Å². The number of nitrogens with one attached hydrogen (secondary N) is 1. The molecule has 0 bridgehead atoms. The predicted molar refractivity (Wildman–Crippen MR) is 98.8 cm³/mol. The highest BCUT2D eigenvalue weighted by Crippen LogP contribution is 2.33. The predicted octanol–water partition coefficient (Wildman–Crippen LogP) is 3.83. The summed E-state index contributed by atoms with van der Waals surface area (Å²) in [5.41, 5.74) is 6.89. The van der Waals surface area contributed by atoms with Crippen LogP contribution in [0.4, 0.5) is 10.8 Å². The highest BCUT2D eigenvalue weighted by atomic mass is 32.2. The van der Waals surface area contributed by atoms with E-state index in [0.29, 0.717) is 10.8 Å². The average molecular weight is 355 g/mol. The van der Waals surface area contributed by atoms with Crippen molar-refractivity contribution in [2.75, 3.05) is 10.5 Å². The number of nitrogen functional groups attached to an aromatic ring is 1. The molecule has 7 heteroatoms. The van der Waals surface area contributed by atoms with E-state index in [1.165, 1.54) is 23.5 Å². The highest BCUT2D eigenvalue weighted by Gasteiger charge is 2.17. The van der Waals surface area contributed by atoms with Gasteiger partial charge >= 0.3 is 0 Å². The van der Waals surface area contributed by atoms with Crippen LogP contribution in [0.3, 0.4) is 0 Å². The smallest absolute Gasteiger partial charge is 0.263 e. The Morgan fingerprint density at radius 3 is 2.50 bits per heavy atom. The van der Waals surface area contributed by atoms with Gasteiger partial charge in [0.1, 0.15) is 0 Å². The Morgan fingerprint density at radius 1 is 0.958 bits per heavy atom. The van der Waals surface area contributed by atoms with Gasteiger partial charge in [0.15, 0.2) is 5.13 Å². The second-order valence-electron chi connectivity index (χ2n) is 5.33. The van der Waals surface area contributed by atoms with Crippen LogP contribution in [0.2, 0.25) is 0 Å². The summed E-state index contributed by atoms with van der Waals surface area (Å²) < 4.78 is 28.4. The molecule has 0 radical (unpaired) electrons. The zero-order valence-corrected chi connectivity index (χ0v) is 14.1. The summed E-state index contributed by atoms with van der Waals surface area (Å²) in [7, 11) is -3.69. The molecule has 0 atom stereocenters. The van der Waals surface area contributed by atoms with Gasteiger partial charge in [0.25, 0.3) is 10.0 Å². The molecule has 5 nitrogen and oxygen atoms in total. The molecule has 1 heterocycles. The van der Waals surface area contributed by atoms with Gasteiger partial charge in [-0.15, -0.1) is 0 Å². The molecule has 0 unspecified atom stereocenters. The molecular weight excluding hydrogens is 342 g/mol. The van der Waals surface area contributed by atoms with Gasteiger partial charge < -0.3 is 5.73 Å². The fourth-order valence-corrected chi connectivity index (χ4v) is 4.76. The number of anilines is 2. The fraction of sp³-hybridized carbons (Fsp3) is 0. The lowest BCUT2D eigenvalue weighted by Gasteiger charge is -2.04. The Hall–Kier alpha value is -2.64. The van der Waals surface area contributed by atoms with E-state index in [9.17, 15) is 8.42 Å². The third-order valence-electron chi connectivity index (χ3n) is 3.69. The number of hydrogen-bond donors (Lipinski definition) is 2. The maximum Gasteiger partial charge on any atom is 0.263 e. The molecule has 0 aliphatic rings. The van der Waals surface area contributed by atoms with Crippen LogP contribution >= 0.6 is 11.3 Å². The monoisotopic (exact) mass is 355 g/mol. The first-order valence-corrected chi connectivity index (χ1v) is 9.49. The second-order valence-corrected chi connectivity index (χ2v) is 8.01. The molecule has 0 saturated carbocycles. The van der Waals surface area contributed by atoms with Crippen LogP contribution in [0, 0.1) is 0 Å². The van der Waals surface area contributed by atoms with Crippen LogP contribution in [0.15, 0.2) is 65.6 Å². The van der Waals surface area contributed by atoms with E-state index in [1.54, 1.807) is 12.1 Å². The van der Waals surface area contributed by atoms with Crippen LogP contribution < -0.4 is 10.5 Å². The van der Waals surface area contributed by atoms with E-state index in [2.05, 4.69) is 9.71 Å². The lowest BCUT2D eigenvalue weighted by atomic mass is 10.1. The molecule has 3 aromatic carbocycles. The van der Waals surface area contributed by atoms with Crippen molar-refractivity contribution in [2.45, 2.75) is 4.90 Å². The number of nitrogens with zero attached hydrogens (tertiary/aromatic N) is 1. The third-order valence-corrected chi connectivity index (χ3v) is 6.20. The fourth-order valence-electron chi connectivity index (χ4n) is 2.52. The number of benzene rings is 3. The van der Waals surface area contributed by atoms with Gasteiger partial charge in [0, 0.05) is 11.1 Å². The summed E-state index contributed by atoms with van der Waals surface area (Å²) in [6, 6.07) is 17.9. The van der Waals surface area contributed by atoms with Gasteiger partial charge in [-0.1, -0.05) is 41.7 Å².